The first kappa shape index (κ1) is 29.9. The summed E-state index contributed by atoms with van der Waals surface area (Å²) in [5, 5.41) is 3.51. The lowest BCUT2D eigenvalue weighted by atomic mass is 9.91. The molecule has 1 aromatic heterocycles. The smallest absolute Gasteiger partial charge is 0.308 e. The second-order valence-corrected chi connectivity index (χ2v) is 10.9. The average molecular weight is 510 g/mol. The molecule has 0 aliphatic rings. The van der Waals surface area contributed by atoms with Crippen LogP contribution in [0.5, 0.6) is 5.75 Å². The summed E-state index contributed by atoms with van der Waals surface area (Å²) in [6.07, 6.45) is 4.13. The van der Waals surface area contributed by atoms with Crippen LogP contribution in [0.3, 0.4) is 0 Å². The Balaban J connectivity index is 2.51. The highest BCUT2D eigenvalue weighted by atomic mass is 16.6. The van der Waals surface area contributed by atoms with Gasteiger partial charge in [0.15, 0.2) is 0 Å². The predicted octanol–water partition coefficient (Wildman–Crippen LogP) is 6.08. The quantitative estimate of drug-likeness (QED) is 0.264. The number of esters is 1. The van der Waals surface area contributed by atoms with Gasteiger partial charge in [0.25, 0.3) is 5.54 Å². The first-order valence-corrected chi connectivity index (χ1v) is 13.0. The molecule has 0 saturated carbocycles. The third-order valence-corrected chi connectivity index (χ3v) is 6.16. The maximum absolute atomic E-state index is 12.7. The lowest BCUT2D eigenvalue weighted by molar-refractivity contribution is -0.155. The molecule has 0 bridgehead atoms. The zero-order valence-electron chi connectivity index (χ0n) is 23.7. The van der Waals surface area contributed by atoms with Gasteiger partial charge in [-0.2, -0.15) is 4.98 Å². The van der Waals surface area contributed by atoms with Crippen molar-refractivity contribution >= 4 is 17.7 Å². The van der Waals surface area contributed by atoms with Crippen LogP contribution in [-0.2, 0) is 27.9 Å². The Kier molecular flexibility index (Phi) is 10.3. The third kappa shape index (κ3) is 8.63. The number of nitrogens with one attached hydrogen (secondary N) is 1. The van der Waals surface area contributed by atoms with E-state index in [9.17, 15) is 4.79 Å². The third-order valence-electron chi connectivity index (χ3n) is 6.16. The number of methoxy groups -OCH3 is 1. The molecule has 8 heteroatoms. The molecule has 37 heavy (non-hydrogen) atoms. The van der Waals surface area contributed by atoms with Crippen molar-refractivity contribution < 1.29 is 14.3 Å². The van der Waals surface area contributed by atoms with Gasteiger partial charge in [-0.05, 0) is 57.4 Å². The number of unbranched alkanes of at least 4 members (excludes halogenated alkanes) is 1. The molecule has 2 aromatic rings. The van der Waals surface area contributed by atoms with E-state index in [2.05, 4.69) is 27.1 Å². The summed E-state index contributed by atoms with van der Waals surface area (Å²) in [7, 11) is 1.64. The molecule has 1 heterocycles. The SMILES string of the molecule is [C-]#[N+]C(C)(C)c1ccc(OC)c(Cc2c(CC)nc(N)nc2N[C@@H](CCCC)CC(=O)OC(C)(C)C)c1. The van der Waals surface area contributed by atoms with Crippen LogP contribution < -0.4 is 15.8 Å². The monoisotopic (exact) mass is 509 g/mol. The van der Waals surface area contributed by atoms with E-state index in [1.165, 1.54) is 0 Å². The van der Waals surface area contributed by atoms with Gasteiger partial charge in [-0.3, -0.25) is 4.79 Å². The first-order valence-electron chi connectivity index (χ1n) is 13.0. The molecule has 0 amide bonds. The molecule has 0 spiro atoms. The fourth-order valence-electron chi connectivity index (χ4n) is 4.15. The van der Waals surface area contributed by atoms with E-state index in [4.69, 9.17) is 21.8 Å². The van der Waals surface area contributed by atoms with Crippen LogP contribution in [0, 0.1) is 6.57 Å². The Bertz CT molecular complexity index is 1120. The van der Waals surface area contributed by atoms with Gasteiger partial charge in [-0.15, -0.1) is 0 Å². The summed E-state index contributed by atoms with van der Waals surface area (Å²) >= 11 is 0. The number of aryl methyl sites for hydroxylation is 1. The van der Waals surface area contributed by atoms with Gasteiger partial charge in [0, 0.05) is 37.4 Å². The molecule has 8 nitrogen and oxygen atoms in total. The van der Waals surface area contributed by atoms with E-state index < -0.39 is 11.1 Å². The highest BCUT2D eigenvalue weighted by Crippen LogP contribution is 2.33. The molecule has 0 aliphatic carbocycles. The maximum Gasteiger partial charge on any atom is 0.308 e. The lowest BCUT2D eigenvalue weighted by Gasteiger charge is -2.25. The van der Waals surface area contributed by atoms with Crippen LogP contribution >= 0.6 is 0 Å². The van der Waals surface area contributed by atoms with Crippen LogP contribution in [0.1, 0.15) is 96.5 Å². The number of nitrogen functional groups attached to an aromatic ring is 1. The highest BCUT2D eigenvalue weighted by molar-refractivity contribution is 5.71. The molecule has 202 valence electrons. The summed E-state index contributed by atoms with van der Waals surface area (Å²) in [6.45, 7) is 21.2. The summed E-state index contributed by atoms with van der Waals surface area (Å²) in [4.78, 5) is 25.5. The van der Waals surface area contributed by atoms with Gasteiger partial charge in [-0.1, -0.05) is 26.7 Å². The van der Waals surface area contributed by atoms with Crippen molar-refractivity contribution in [2.75, 3.05) is 18.2 Å². The number of anilines is 2. The minimum absolute atomic E-state index is 0.165. The van der Waals surface area contributed by atoms with Crippen LogP contribution in [0.25, 0.3) is 4.85 Å². The molecular formula is C29H43N5O3. The molecular weight excluding hydrogens is 466 g/mol. The van der Waals surface area contributed by atoms with Crippen molar-refractivity contribution in [1.29, 1.82) is 0 Å². The number of rotatable bonds is 12. The summed E-state index contributed by atoms with van der Waals surface area (Å²) in [5.74, 6) is 1.28. The first-order chi connectivity index (χ1) is 17.3. The van der Waals surface area contributed by atoms with Gasteiger partial charge in [0.2, 0.25) is 5.95 Å². The van der Waals surface area contributed by atoms with Crippen molar-refractivity contribution in [1.82, 2.24) is 9.97 Å². The molecule has 0 aliphatic heterocycles. The van der Waals surface area contributed by atoms with Crippen molar-refractivity contribution in [3.63, 3.8) is 0 Å². The lowest BCUT2D eigenvalue weighted by Crippen LogP contribution is -2.30. The minimum Gasteiger partial charge on any atom is -0.496 e. The predicted molar refractivity (Wildman–Crippen MR) is 149 cm³/mol. The molecule has 2 rings (SSSR count). The van der Waals surface area contributed by atoms with Crippen LogP contribution in [0.4, 0.5) is 11.8 Å². The van der Waals surface area contributed by atoms with Gasteiger partial charge in [0.1, 0.15) is 17.2 Å². The average Bonchev–Trinajstić information content (AvgIpc) is 2.82. The van der Waals surface area contributed by atoms with E-state index in [-0.39, 0.29) is 24.4 Å². The van der Waals surface area contributed by atoms with Crippen LogP contribution in [0.2, 0.25) is 0 Å². The van der Waals surface area contributed by atoms with E-state index >= 15 is 0 Å². The zero-order valence-corrected chi connectivity index (χ0v) is 23.7. The number of carbonyl (C=O) groups excluding carboxylic acids is 1. The number of carbonyl (C=O) groups is 1. The Labute approximate surface area is 222 Å². The number of nitrogens with zero attached hydrogens (tertiary/aromatic N) is 3. The van der Waals surface area contributed by atoms with Gasteiger partial charge in [0.05, 0.1) is 19.2 Å². The Hall–Kier alpha value is -3.34. The second kappa shape index (κ2) is 12.8. The standard InChI is InChI=1S/C29H43N5O3/c1-10-12-13-21(18-25(35)37-28(3,4)5)32-26-22(23(11-2)33-27(30)34-26)17-19-16-20(29(6,7)31-8)14-15-24(19)36-9/h14-16,21H,10-13,17-18H2,1-7,9H3,(H3,30,32,33,34)/t21-/m0/s1. The molecule has 3 N–H and O–H groups in total. The topological polar surface area (TPSA) is 104 Å². The van der Waals surface area contributed by atoms with Gasteiger partial charge >= 0.3 is 5.97 Å². The van der Waals surface area contributed by atoms with Crippen LogP contribution in [-0.4, -0.2) is 34.7 Å². The molecule has 0 unspecified atom stereocenters. The van der Waals surface area contributed by atoms with E-state index in [1.54, 1.807) is 7.11 Å². The van der Waals surface area contributed by atoms with Gasteiger partial charge < -0.3 is 25.4 Å². The summed E-state index contributed by atoms with van der Waals surface area (Å²) in [5.41, 5.74) is 8.47. The fraction of sp³-hybridized carbons (Fsp3) is 0.586. The Morgan fingerprint density at radius 1 is 1.19 bits per heavy atom. The molecule has 1 aromatic carbocycles. The Morgan fingerprint density at radius 2 is 1.89 bits per heavy atom. The van der Waals surface area contributed by atoms with Crippen molar-refractivity contribution in [3.8, 4) is 5.75 Å². The van der Waals surface area contributed by atoms with Crippen molar-refractivity contribution in [2.24, 2.45) is 0 Å². The highest BCUT2D eigenvalue weighted by Gasteiger charge is 2.28. The number of hydrogen-bond donors (Lipinski definition) is 2. The van der Waals surface area contributed by atoms with E-state index in [1.807, 2.05) is 59.7 Å². The normalized spacial score (nSPS) is 12.5. The number of ether oxygens (including phenoxy) is 2. The summed E-state index contributed by atoms with van der Waals surface area (Å²) in [6, 6.07) is 5.69. The van der Waals surface area contributed by atoms with Crippen LogP contribution in [0.15, 0.2) is 18.2 Å². The largest absolute Gasteiger partial charge is 0.496 e. The number of hydrogen-bond acceptors (Lipinski definition) is 7. The van der Waals surface area contributed by atoms with Gasteiger partial charge in [-0.25, -0.2) is 11.6 Å². The minimum atomic E-state index is -0.661. The Morgan fingerprint density at radius 3 is 2.46 bits per heavy atom. The van der Waals surface area contributed by atoms with E-state index in [0.29, 0.717) is 18.7 Å². The number of aromatic nitrogens is 2. The second-order valence-electron chi connectivity index (χ2n) is 10.9. The van der Waals surface area contributed by atoms with Crippen molar-refractivity contribution in [2.45, 2.75) is 104 Å². The molecule has 0 fully saturated rings. The molecule has 0 radical (unpaired) electrons. The fourth-order valence-corrected chi connectivity index (χ4v) is 4.15. The maximum atomic E-state index is 12.7. The summed E-state index contributed by atoms with van der Waals surface area (Å²) < 4.78 is 11.3. The molecule has 1 atom stereocenters. The van der Waals surface area contributed by atoms with Crippen molar-refractivity contribution in [3.05, 3.63) is 52.0 Å². The number of benzene rings is 1. The molecule has 0 saturated heterocycles. The number of nitrogens with two attached hydrogens (primary N) is 1. The van der Waals surface area contributed by atoms with E-state index in [0.717, 1.165) is 47.4 Å². The zero-order chi connectivity index (χ0) is 27.8.